The van der Waals surface area contributed by atoms with Crippen molar-refractivity contribution in [2.75, 3.05) is 6.26 Å². The molecule has 0 bridgehead atoms. The number of phenols is 1. The van der Waals surface area contributed by atoms with Gasteiger partial charge in [0, 0.05) is 15.5 Å². The molecular formula is C15H11ClN2O2S. The predicted octanol–water partition coefficient (Wildman–Crippen LogP) is 4.48. The minimum Gasteiger partial charge on any atom is -0.507 e. The molecule has 0 spiro atoms. The van der Waals surface area contributed by atoms with Crippen molar-refractivity contribution >= 4 is 23.4 Å². The van der Waals surface area contributed by atoms with Crippen LogP contribution >= 0.6 is 23.4 Å². The van der Waals surface area contributed by atoms with E-state index in [9.17, 15) is 5.11 Å². The van der Waals surface area contributed by atoms with Crippen molar-refractivity contribution in [1.82, 2.24) is 10.1 Å². The molecule has 0 radical (unpaired) electrons. The highest BCUT2D eigenvalue weighted by Gasteiger charge is 2.14. The van der Waals surface area contributed by atoms with Crippen molar-refractivity contribution in [2.45, 2.75) is 4.90 Å². The van der Waals surface area contributed by atoms with E-state index in [1.165, 1.54) is 6.07 Å². The molecule has 0 aliphatic carbocycles. The summed E-state index contributed by atoms with van der Waals surface area (Å²) in [6.45, 7) is 0. The van der Waals surface area contributed by atoms with E-state index in [1.807, 2.05) is 30.5 Å². The van der Waals surface area contributed by atoms with Gasteiger partial charge in [-0.25, -0.2) is 0 Å². The molecule has 1 aromatic heterocycles. The molecule has 4 nitrogen and oxygen atoms in total. The van der Waals surface area contributed by atoms with Gasteiger partial charge in [0.1, 0.15) is 5.75 Å². The maximum absolute atomic E-state index is 9.88. The Morgan fingerprint density at radius 1 is 1.14 bits per heavy atom. The lowest BCUT2D eigenvalue weighted by molar-refractivity contribution is 0.426. The summed E-state index contributed by atoms with van der Waals surface area (Å²) < 4.78 is 5.21. The van der Waals surface area contributed by atoms with Crippen LogP contribution in [-0.4, -0.2) is 21.5 Å². The summed E-state index contributed by atoms with van der Waals surface area (Å²) >= 11 is 7.47. The fraction of sp³-hybridized carbons (Fsp3) is 0.0667. The van der Waals surface area contributed by atoms with Crippen LogP contribution in [0.25, 0.3) is 22.8 Å². The van der Waals surface area contributed by atoms with Crippen LogP contribution in [0, 0.1) is 0 Å². The molecule has 106 valence electrons. The van der Waals surface area contributed by atoms with Crippen molar-refractivity contribution in [3.05, 3.63) is 47.5 Å². The molecule has 0 amide bonds. The monoisotopic (exact) mass is 318 g/mol. The molecule has 0 fully saturated rings. The van der Waals surface area contributed by atoms with Crippen LogP contribution in [0.15, 0.2) is 51.9 Å². The first-order valence-electron chi connectivity index (χ1n) is 6.14. The van der Waals surface area contributed by atoms with Crippen LogP contribution in [-0.2, 0) is 0 Å². The normalized spacial score (nSPS) is 10.8. The van der Waals surface area contributed by atoms with Gasteiger partial charge in [0.25, 0.3) is 5.89 Å². The number of hydrogen-bond donors (Lipinski definition) is 1. The van der Waals surface area contributed by atoms with Gasteiger partial charge >= 0.3 is 0 Å². The van der Waals surface area contributed by atoms with Gasteiger partial charge < -0.3 is 9.63 Å². The second-order valence-electron chi connectivity index (χ2n) is 4.31. The summed E-state index contributed by atoms with van der Waals surface area (Å²) in [5.41, 5.74) is 1.31. The van der Waals surface area contributed by atoms with E-state index in [4.69, 9.17) is 16.1 Å². The number of benzene rings is 2. The van der Waals surface area contributed by atoms with Gasteiger partial charge in [-0.15, -0.1) is 11.8 Å². The zero-order valence-electron chi connectivity index (χ0n) is 11.1. The Kier molecular flexibility index (Phi) is 3.86. The SMILES string of the molecule is CSc1ccc(-c2noc(-c3ccc(Cl)cc3O)n2)cc1. The molecule has 1 heterocycles. The number of rotatable bonds is 3. The van der Waals surface area contributed by atoms with Crippen molar-refractivity contribution in [1.29, 1.82) is 0 Å². The van der Waals surface area contributed by atoms with E-state index in [0.29, 0.717) is 16.4 Å². The molecule has 0 aliphatic rings. The standard InChI is InChI=1S/C15H11ClN2O2S/c1-21-11-5-2-9(3-6-11)14-17-15(20-18-14)12-7-4-10(16)8-13(12)19/h2-8,19H,1H3. The van der Waals surface area contributed by atoms with Gasteiger partial charge in [0.05, 0.1) is 5.56 Å². The molecule has 2 aromatic carbocycles. The van der Waals surface area contributed by atoms with Crippen LogP contribution in [0.4, 0.5) is 0 Å². The maximum Gasteiger partial charge on any atom is 0.261 e. The van der Waals surface area contributed by atoms with Crippen LogP contribution in [0.2, 0.25) is 5.02 Å². The Hall–Kier alpha value is -1.98. The molecule has 21 heavy (non-hydrogen) atoms. The molecule has 6 heteroatoms. The highest BCUT2D eigenvalue weighted by atomic mass is 35.5. The summed E-state index contributed by atoms with van der Waals surface area (Å²) in [4.78, 5) is 5.47. The fourth-order valence-corrected chi connectivity index (χ4v) is 2.45. The summed E-state index contributed by atoms with van der Waals surface area (Å²) in [5.74, 6) is 0.746. The van der Waals surface area contributed by atoms with Gasteiger partial charge in [0.15, 0.2) is 0 Å². The number of nitrogens with zero attached hydrogens (tertiary/aromatic N) is 2. The lowest BCUT2D eigenvalue weighted by atomic mass is 10.2. The molecule has 3 rings (SSSR count). The van der Waals surface area contributed by atoms with E-state index >= 15 is 0 Å². The summed E-state index contributed by atoms with van der Waals surface area (Å²) in [6.07, 6.45) is 2.02. The number of hydrogen-bond acceptors (Lipinski definition) is 5. The molecular weight excluding hydrogens is 308 g/mol. The van der Waals surface area contributed by atoms with Crippen molar-refractivity contribution in [2.24, 2.45) is 0 Å². The van der Waals surface area contributed by atoms with Crippen LogP contribution in [0.3, 0.4) is 0 Å². The molecule has 0 saturated heterocycles. The van der Waals surface area contributed by atoms with E-state index in [2.05, 4.69) is 10.1 Å². The molecule has 1 N–H and O–H groups in total. The van der Waals surface area contributed by atoms with E-state index < -0.39 is 0 Å². The van der Waals surface area contributed by atoms with Gasteiger partial charge in [0.2, 0.25) is 5.82 Å². The third-order valence-electron chi connectivity index (χ3n) is 2.96. The van der Waals surface area contributed by atoms with Crippen LogP contribution in [0.5, 0.6) is 5.75 Å². The lowest BCUT2D eigenvalue weighted by Crippen LogP contribution is -1.82. The lowest BCUT2D eigenvalue weighted by Gasteiger charge is -1.99. The van der Waals surface area contributed by atoms with Gasteiger partial charge in [-0.05, 0) is 48.7 Å². The van der Waals surface area contributed by atoms with E-state index in [1.54, 1.807) is 23.9 Å². The zero-order chi connectivity index (χ0) is 14.8. The Morgan fingerprint density at radius 3 is 2.57 bits per heavy atom. The van der Waals surface area contributed by atoms with Crippen molar-refractivity contribution in [3.63, 3.8) is 0 Å². The second-order valence-corrected chi connectivity index (χ2v) is 5.63. The maximum atomic E-state index is 9.88. The fourth-order valence-electron chi connectivity index (χ4n) is 1.88. The first kappa shape index (κ1) is 14.0. The number of halogens is 1. The summed E-state index contributed by atoms with van der Waals surface area (Å²) in [7, 11) is 0. The second kappa shape index (κ2) is 5.79. The quantitative estimate of drug-likeness (QED) is 0.721. The van der Waals surface area contributed by atoms with E-state index in [0.717, 1.165) is 10.5 Å². The van der Waals surface area contributed by atoms with Gasteiger partial charge in [-0.2, -0.15) is 4.98 Å². The first-order chi connectivity index (χ1) is 10.2. The molecule has 0 atom stereocenters. The highest BCUT2D eigenvalue weighted by molar-refractivity contribution is 7.98. The van der Waals surface area contributed by atoms with Crippen LogP contribution < -0.4 is 0 Å². The number of phenolic OH excluding ortho intramolecular Hbond substituents is 1. The van der Waals surface area contributed by atoms with E-state index in [-0.39, 0.29) is 11.6 Å². The van der Waals surface area contributed by atoms with Crippen molar-refractivity contribution < 1.29 is 9.63 Å². The third kappa shape index (κ3) is 2.89. The molecule has 0 saturated carbocycles. The molecule has 3 aromatic rings. The molecule has 0 unspecified atom stereocenters. The first-order valence-corrected chi connectivity index (χ1v) is 7.74. The third-order valence-corrected chi connectivity index (χ3v) is 3.94. The van der Waals surface area contributed by atoms with Gasteiger partial charge in [-0.1, -0.05) is 16.8 Å². The predicted molar refractivity (Wildman–Crippen MR) is 83.6 cm³/mol. The Labute approximate surface area is 130 Å². The minimum atomic E-state index is 0.00966. The highest BCUT2D eigenvalue weighted by Crippen LogP contribution is 2.31. The smallest absolute Gasteiger partial charge is 0.261 e. The Balaban J connectivity index is 1.95. The summed E-state index contributed by atoms with van der Waals surface area (Å²) in [6, 6.07) is 12.6. The van der Waals surface area contributed by atoms with Crippen molar-refractivity contribution in [3.8, 4) is 28.6 Å². The Morgan fingerprint density at radius 2 is 1.90 bits per heavy atom. The average Bonchev–Trinajstić information content (AvgIpc) is 2.97. The minimum absolute atomic E-state index is 0.00966. The number of aromatic hydroxyl groups is 1. The topological polar surface area (TPSA) is 59.2 Å². The number of aromatic nitrogens is 2. The van der Waals surface area contributed by atoms with Crippen LogP contribution in [0.1, 0.15) is 0 Å². The average molecular weight is 319 g/mol. The Bertz CT molecular complexity index is 772. The molecule has 0 aliphatic heterocycles. The number of thioether (sulfide) groups is 1. The summed E-state index contributed by atoms with van der Waals surface area (Å²) in [5, 5.41) is 14.3. The largest absolute Gasteiger partial charge is 0.507 e. The van der Waals surface area contributed by atoms with Gasteiger partial charge in [-0.3, -0.25) is 0 Å². The zero-order valence-corrected chi connectivity index (χ0v) is 12.6.